The molecule has 4 atom stereocenters. The lowest BCUT2D eigenvalue weighted by atomic mass is 9.83. The van der Waals surface area contributed by atoms with Gasteiger partial charge in [-0.25, -0.2) is 0 Å². The van der Waals surface area contributed by atoms with Gasteiger partial charge in [0.05, 0.1) is 0 Å². The van der Waals surface area contributed by atoms with E-state index in [1.807, 2.05) is 0 Å². The first-order valence-corrected chi connectivity index (χ1v) is 13.4. The van der Waals surface area contributed by atoms with Gasteiger partial charge < -0.3 is 28.8 Å². The van der Waals surface area contributed by atoms with Gasteiger partial charge in [-0.05, 0) is 32.1 Å². The zero-order valence-corrected chi connectivity index (χ0v) is 21.6. The summed E-state index contributed by atoms with van der Waals surface area (Å²) >= 11 is 0. The highest BCUT2D eigenvalue weighted by molar-refractivity contribution is 5.03. The van der Waals surface area contributed by atoms with Crippen molar-refractivity contribution in [3.05, 3.63) is 0 Å². The molecule has 1 rings (SSSR count). The summed E-state index contributed by atoms with van der Waals surface area (Å²) in [6, 6.07) is 0. The quantitative estimate of drug-likeness (QED) is 0.249. The number of hydrogen-bond donors (Lipinski definition) is 1. The molecule has 32 heavy (non-hydrogen) atoms. The van der Waals surface area contributed by atoms with E-state index in [4.69, 9.17) is 23.7 Å². The van der Waals surface area contributed by atoms with Gasteiger partial charge in [0, 0.05) is 33.0 Å². The Morgan fingerprint density at radius 1 is 0.406 bits per heavy atom. The molecule has 0 bridgehead atoms. The maximum atomic E-state index is 11.4. The molecule has 0 radical (unpaired) electrons. The monoisotopic (exact) mass is 460 g/mol. The average molecular weight is 461 g/mol. The molecule has 4 unspecified atom stereocenters. The normalized spacial score (nSPS) is 28.3. The Hall–Kier alpha value is -0.240. The first-order chi connectivity index (χ1) is 15.7. The fourth-order valence-electron chi connectivity index (χ4n) is 3.91. The first-order valence-electron chi connectivity index (χ1n) is 13.4. The maximum Gasteiger partial charge on any atom is 0.115 e. The summed E-state index contributed by atoms with van der Waals surface area (Å²) in [5, 5.41) is 11.4. The molecular formula is C26H52O6. The Labute approximate surface area is 197 Å². The molecule has 0 aromatic rings. The van der Waals surface area contributed by atoms with E-state index in [-0.39, 0.29) is 18.3 Å². The molecular weight excluding hydrogens is 408 g/mol. The van der Waals surface area contributed by atoms with Crippen molar-refractivity contribution in [3.63, 3.8) is 0 Å². The lowest BCUT2D eigenvalue weighted by Crippen LogP contribution is -2.67. The van der Waals surface area contributed by atoms with Gasteiger partial charge >= 0.3 is 0 Å². The third kappa shape index (κ3) is 10.4. The minimum atomic E-state index is -0.812. The summed E-state index contributed by atoms with van der Waals surface area (Å²) < 4.78 is 31.6. The standard InChI is InChI=1S/C26H52O6/c1-6-11-16-28-22-21(27)23(29-17-12-7-2)25(31-19-14-9-4)26(32-20-15-10-5)24(22)30-18-13-8-3/h21-27H,6-20H2,1-5H3/t21-,22?,23?,24?,25?,26-. The van der Waals surface area contributed by atoms with Gasteiger partial charge in [-0.1, -0.05) is 66.7 Å². The van der Waals surface area contributed by atoms with Crippen molar-refractivity contribution in [2.24, 2.45) is 0 Å². The lowest BCUT2D eigenvalue weighted by Gasteiger charge is -2.48. The van der Waals surface area contributed by atoms with Crippen molar-refractivity contribution in [2.75, 3.05) is 33.0 Å². The highest BCUT2D eigenvalue weighted by Crippen LogP contribution is 2.33. The number of aliphatic hydroxyl groups is 1. The Morgan fingerprint density at radius 3 is 0.875 bits per heavy atom. The molecule has 1 N–H and O–H groups in total. The summed E-state index contributed by atoms with van der Waals surface area (Å²) in [5.41, 5.74) is 0. The number of rotatable bonds is 20. The Balaban J connectivity index is 3.16. The van der Waals surface area contributed by atoms with Crippen LogP contribution in [0.1, 0.15) is 98.8 Å². The fraction of sp³-hybridized carbons (Fsp3) is 1.00. The number of hydrogen-bond acceptors (Lipinski definition) is 6. The van der Waals surface area contributed by atoms with Gasteiger partial charge in [-0.15, -0.1) is 0 Å². The van der Waals surface area contributed by atoms with Gasteiger partial charge in [0.15, 0.2) is 0 Å². The average Bonchev–Trinajstić information content (AvgIpc) is 2.79. The van der Waals surface area contributed by atoms with Crippen molar-refractivity contribution in [1.82, 2.24) is 0 Å². The SMILES string of the molecule is CCCCOC1C(OCCCC)[C@H](OCCCC)C(OCCCC)C(OCCCC)[C@H]1O. The molecule has 1 aliphatic carbocycles. The minimum Gasteiger partial charge on any atom is -0.387 e. The molecule has 0 heterocycles. The van der Waals surface area contributed by atoms with Crippen molar-refractivity contribution in [3.8, 4) is 0 Å². The summed E-state index contributed by atoms with van der Waals surface area (Å²) in [7, 11) is 0. The minimum absolute atomic E-state index is 0.322. The van der Waals surface area contributed by atoms with Crippen LogP contribution in [0, 0.1) is 0 Å². The van der Waals surface area contributed by atoms with Crippen LogP contribution in [0.15, 0.2) is 0 Å². The van der Waals surface area contributed by atoms with Crippen molar-refractivity contribution in [2.45, 2.75) is 135 Å². The molecule has 0 aromatic carbocycles. The Morgan fingerprint density at radius 2 is 0.625 bits per heavy atom. The van der Waals surface area contributed by atoms with Crippen LogP contribution in [0.25, 0.3) is 0 Å². The smallest absolute Gasteiger partial charge is 0.115 e. The molecule has 0 amide bonds. The Kier molecular flexibility index (Phi) is 17.8. The van der Waals surface area contributed by atoms with Crippen molar-refractivity contribution in [1.29, 1.82) is 0 Å². The third-order valence-electron chi connectivity index (χ3n) is 6.01. The van der Waals surface area contributed by atoms with Crippen molar-refractivity contribution < 1.29 is 28.8 Å². The molecule has 0 aliphatic heterocycles. The van der Waals surface area contributed by atoms with Gasteiger partial charge in [0.1, 0.15) is 36.6 Å². The number of ether oxygens (including phenoxy) is 5. The van der Waals surface area contributed by atoms with E-state index in [1.54, 1.807) is 0 Å². The second-order valence-corrected chi connectivity index (χ2v) is 8.94. The van der Waals surface area contributed by atoms with Gasteiger partial charge in [0.2, 0.25) is 0 Å². The highest BCUT2D eigenvalue weighted by Gasteiger charge is 2.53. The van der Waals surface area contributed by atoms with Gasteiger partial charge in [0.25, 0.3) is 0 Å². The summed E-state index contributed by atoms with van der Waals surface area (Å²) in [6.45, 7) is 13.8. The van der Waals surface area contributed by atoms with Crippen molar-refractivity contribution >= 4 is 0 Å². The molecule has 1 saturated carbocycles. The van der Waals surface area contributed by atoms with Crippen LogP contribution in [0.4, 0.5) is 0 Å². The lowest BCUT2D eigenvalue weighted by molar-refractivity contribution is -0.274. The van der Waals surface area contributed by atoms with E-state index >= 15 is 0 Å². The fourth-order valence-corrected chi connectivity index (χ4v) is 3.91. The van der Waals surface area contributed by atoms with E-state index < -0.39 is 18.3 Å². The summed E-state index contributed by atoms with van der Waals surface area (Å²) in [4.78, 5) is 0. The predicted molar refractivity (Wildman–Crippen MR) is 129 cm³/mol. The van der Waals surface area contributed by atoms with E-state index in [0.29, 0.717) is 33.0 Å². The zero-order valence-electron chi connectivity index (χ0n) is 21.6. The van der Waals surface area contributed by atoms with E-state index in [1.165, 1.54) is 0 Å². The van der Waals surface area contributed by atoms with Crippen LogP contribution in [0.2, 0.25) is 0 Å². The van der Waals surface area contributed by atoms with E-state index in [9.17, 15) is 5.11 Å². The predicted octanol–water partition coefficient (Wildman–Crippen LogP) is 5.29. The second kappa shape index (κ2) is 19.1. The zero-order chi connectivity index (χ0) is 23.6. The van der Waals surface area contributed by atoms with E-state index in [0.717, 1.165) is 64.2 Å². The molecule has 6 heteroatoms. The van der Waals surface area contributed by atoms with Gasteiger partial charge in [-0.2, -0.15) is 0 Å². The maximum absolute atomic E-state index is 11.4. The number of aliphatic hydroxyl groups excluding tert-OH is 1. The third-order valence-corrected chi connectivity index (χ3v) is 6.01. The molecule has 0 aromatic heterocycles. The summed E-state index contributed by atoms with van der Waals surface area (Å²) in [6.07, 6.45) is 7.21. The number of unbranched alkanes of at least 4 members (excludes halogenated alkanes) is 5. The Bertz CT molecular complexity index is 389. The summed E-state index contributed by atoms with van der Waals surface area (Å²) in [5.74, 6) is 0. The molecule has 1 aliphatic rings. The van der Waals surface area contributed by atoms with Gasteiger partial charge in [-0.3, -0.25) is 0 Å². The van der Waals surface area contributed by atoms with Crippen LogP contribution < -0.4 is 0 Å². The highest BCUT2D eigenvalue weighted by atomic mass is 16.6. The largest absolute Gasteiger partial charge is 0.387 e. The molecule has 0 spiro atoms. The molecule has 192 valence electrons. The van der Waals surface area contributed by atoms with Crippen LogP contribution in [-0.4, -0.2) is 74.8 Å². The molecule has 1 fully saturated rings. The van der Waals surface area contributed by atoms with Crippen LogP contribution in [-0.2, 0) is 23.7 Å². The van der Waals surface area contributed by atoms with Crippen LogP contribution >= 0.6 is 0 Å². The topological polar surface area (TPSA) is 66.4 Å². The van der Waals surface area contributed by atoms with Crippen LogP contribution in [0.3, 0.4) is 0 Å². The first kappa shape index (κ1) is 29.8. The molecule has 6 nitrogen and oxygen atoms in total. The van der Waals surface area contributed by atoms with E-state index in [2.05, 4.69) is 34.6 Å². The van der Waals surface area contributed by atoms with Crippen LogP contribution in [0.5, 0.6) is 0 Å². The molecule has 0 saturated heterocycles. The second-order valence-electron chi connectivity index (χ2n) is 8.94.